The number of carbonyl (C=O) groups is 2. The van der Waals surface area contributed by atoms with Crippen LogP contribution in [0.15, 0.2) is 12.7 Å². The van der Waals surface area contributed by atoms with Gasteiger partial charge in [0, 0.05) is 13.0 Å². The molecule has 0 saturated carbocycles. The normalized spacial score (nSPS) is 19.8. The van der Waals surface area contributed by atoms with E-state index in [-0.39, 0.29) is 11.8 Å². The molecule has 0 aromatic carbocycles. The van der Waals surface area contributed by atoms with Crippen LogP contribution in [0, 0.1) is 10.8 Å². The van der Waals surface area contributed by atoms with Gasteiger partial charge in [-0.3, -0.25) is 4.79 Å². The molecule has 20 heavy (non-hydrogen) atoms. The summed E-state index contributed by atoms with van der Waals surface area (Å²) in [6, 6.07) is -1.29. The molecule has 0 radical (unpaired) electrons. The summed E-state index contributed by atoms with van der Waals surface area (Å²) in [6.45, 7) is 7.71. The summed E-state index contributed by atoms with van der Waals surface area (Å²) in [5, 5.41) is 10.4. The molecular weight excluding hydrogens is 262 g/mol. The van der Waals surface area contributed by atoms with Crippen LogP contribution in [0.3, 0.4) is 0 Å². The zero-order valence-electron chi connectivity index (χ0n) is 12.2. The minimum absolute atomic E-state index is 0.193. The molecule has 1 N–H and O–H groups in total. The maximum atomic E-state index is 12.3. The van der Waals surface area contributed by atoms with Gasteiger partial charge in [-0.15, -0.1) is 5.01 Å². The van der Waals surface area contributed by atoms with Crippen molar-refractivity contribution in [1.82, 2.24) is 9.91 Å². The van der Waals surface area contributed by atoms with Gasteiger partial charge < -0.3 is 10.0 Å². The number of amides is 1. The average Bonchev–Trinajstić information content (AvgIpc) is 2.85. The Morgan fingerprint density at radius 3 is 2.55 bits per heavy atom. The first-order valence-corrected chi connectivity index (χ1v) is 6.62. The second-order valence-corrected chi connectivity index (χ2v) is 5.33. The standard InChI is InChI=1S/C13H21N3O4/c1-5-11(17)15-7-6-10(8-15)16(20)14(4)12(9(2)3)13(18)19/h5,9-10,12H,1,6-8H2,2-4H3/p+1/t10-,12-/m0/s1. The molecule has 1 saturated heterocycles. The SMILES string of the molecule is C=CC(=O)N1CC[C@H]([N+](=O)N(C)[C@H](C(=O)O)C(C)C)C1. The fraction of sp³-hybridized carbons (Fsp3) is 0.692. The number of carboxylic acids is 1. The van der Waals surface area contributed by atoms with Crippen molar-refractivity contribution in [2.45, 2.75) is 32.4 Å². The van der Waals surface area contributed by atoms with Gasteiger partial charge in [0.1, 0.15) is 4.87 Å². The Balaban J connectivity index is 2.73. The highest BCUT2D eigenvalue weighted by Gasteiger charge is 2.43. The fourth-order valence-electron chi connectivity index (χ4n) is 2.51. The Morgan fingerprint density at radius 1 is 1.50 bits per heavy atom. The number of nitroso groups, excluding NO2 is 1. The molecule has 7 nitrogen and oxygen atoms in total. The van der Waals surface area contributed by atoms with E-state index in [9.17, 15) is 19.6 Å². The first-order chi connectivity index (χ1) is 9.29. The molecular formula is C13H22N3O4+. The molecule has 1 rings (SSSR count). The van der Waals surface area contributed by atoms with Crippen LogP contribution in [0.25, 0.3) is 0 Å². The summed E-state index contributed by atoms with van der Waals surface area (Å²) in [4.78, 5) is 37.2. The maximum Gasteiger partial charge on any atom is 0.332 e. The van der Waals surface area contributed by atoms with Crippen molar-refractivity contribution < 1.29 is 19.6 Å². The predicted octanol–water partition coefficient (Wildman–Crippen LogP) is 0.508. The molecule has 2 atom stereocenters. The highest BCUT2D eigenvalue weighted by Crippen LogP contribution is 2.17. The summed E-state index contributed by atoms with van der Waals surface area (Å²) in [5.41, 5.74) is 0. The van der Waals surface area contributed by atoms with Crippen LogP contribution >= 0.6 is 0 Å². The highest BCUT2D eigenvalue weighted by molar-refractivity contribution is 5.87. The lowest BCUT2D eigenvalue weighted by molar-refractivity contribution is -0.733. The quantitative estimate of drug-likeness (QED) is 0.436. The van der Waals surface area contributed by atoms with Gasteiger partial charge in [0.2, 0.25) is 5.91 Å². The molecule has 1 heterocycles. The Bertz CT molecular complexity index is 422. The van der Waals surface area contributed by atoms with E-state index in [0.717, 1.165) is 0 Å². The zero-order chi connectivity index (χ0) is 15.4. The van der Waals surface area contributed by atoms with Crippen LogP contribution in [-0.4, -0.2) is 64.0 Å². The van der Waals surface area contributed by atoms with Crippen molar-refractivity contribution in [2.75, 3.05) is 20.1 Å². The van der Waals surface area contributed by atoms with Crippen molar-refractivity contribution >= 4 is 11.9 Å². The third kappa shape index (κ3) is 3.34. The lowest BCUT2D eigenvalue weighted by atomic mass is 10.0. The molecule has 1 fully saturated rings. The van der Waals surface area contributed by atoms with Crippen LogP contribution in [0.5, 0.6) is 0 Å². The number of hydrogen-bond acceptors (Lipinski definition) is 3. The van der Waals surface area contributed by atoms with Crippen molar-refractivity contribution in [1.29, 1.82) is 0 Å². The van der Waals surface area contributed by atoms with Crippen LogP contribution in [-0.2, 0) is 9.59 Å². The largest absolute Gasteiger partial charge is 0.480 e. The van der Waals surface area contributed by atoms with Crippen molar-refractivity contribution in [2.24, 2.45) is 5.92 Å². The number of carbonyl (C=O) groups excluding carboxylic acids is 1. The van der Waals surface area contributed by atoms with Crippen molar-refractivity contribution in [3.05, 3.63) is 17.6 Å². The van der Waals surface area contributed by atoms with Gasteiger partial charge in [-0.05, 0) is 12.0 Å². The highest BCUT2D eigenvalue weighted by atomic mass is 16.4. The van der Waals surface area contributed by atoms with E-state index in [1.165, 1.54) is 18.1 Å². The second kappa shape index (κ2) is 6.49. The van der Waals surface area contributed by atoms with Gasteiger partial charge in [0.05, 0.1) is 18.5 Å². The number of likely N-dealkylation sites (N-methyl/N-ethyl adjacent to an activating group) is 1. The Kier molecular flexibility index (Phi) is 5.24. The van der Waals surface area contributed by atoms with E-state index < -0.39 is 18.1 Å². The third-order valence-electron chi connectivity index (χ3n) is 3.56. The third-order valence-corrected chi connectivity index (χ3v) is 3.56. The van der Waals surface area contributed by atoms with E-state index in [2.05, 4.69) is 6.58 Å². The maximum absolute atomic E-state index is 12.3. The number of nitrogens with zero attached hydrogens (tertiary/aromatic N) is 3. The molecule has 0 aromatic rings. The van der Waals surface area contributed by atoms with Gasteiger partial charge in [-0.1, -0.05) is 20.4 Å². The van der Waals surface area contributed by atoms with Crippen molar-refractivity contribution in [3.63, 3.8) is 0 Å². The summed E-state index contributed by atoms with van der Waals surface area (Å²) in [7, 11) is 1.48. The smallest absolute Gasteiger partial charge is 0.332 e. The molecule has 1 amide bonds. The van der Waals surface area contributed by atoms with Crippen molar-refractivity contribution in [3.8, 4) is 0 Å². The lowest BCUT2D eigenvalue weighted by Crippen LogP contribution is -2.50. The van der Waals surface area contributed by atoms with E-state index in [0.29, 0.717) is 24.4 Å². The number of rotatable bonds is 6. The summed E-state index contributed by atoms with van der Waals surface area (Å²) < 4.78 is 0. The van der Waals surface area contributed by atoms with Gasteiger partial charge in [0.15, 0.2) is 6.04 Å². The summed E-state index contributed by atoms with van der Waals surface area (Å²) in [6.07, 6.45) is 1.74. The first-order valence-electron chi connectivity index (χ1n) is 6.62. The average molecular weight is 284 g/mol. The number of likely N-dealkylation sites (tertiary alicyclic amines) is 1. The molecule has 0 aromatic heterocycles. The number of hydrogen-bond donors (Lipinski definition) is 1. The molecule has 1 aliphatic heterocycles. The number of aliphatic carboxylic acids is 1. The number of hydrazine groups is 1. The topological polar surface area (TPSA) is 80.9 Å². The zero-order valence-corrected chi connectivity index (χ0v) is 12.2. The molecule has 0 unspecified atom stereocenters. The Hall–Kier alpha value is -1.92. The van der Waals surface area contributed by atoms with E-state index in [1.54, 1.807) is 18.7 Å². The molecule has 0 aliphatic carbocycles. The van der Waals surface area contributed by atoms with E-state index in [4.69, 9.17) is 0 Å². The van der Waals surface area contributed by atoms with Gasteiger partial charge in [-0.2, -0.15) is 0 Å². The van der Waals surface area contributed by atoms with Gasteiger partial charge >= 0.3 is 5.97 Å². The molecule has 1 aliphatic rings. The Morgan fingerprint density at radius 2 is 2.10 bits per heavy atom. The van der Waals surface area contributed by atoms with Crippen LogP contribution in [0.2, 0.25) is 0 Å². The minimum atomic E-state index is -1.03. The summed E-state index contributed by atoms with van der Waals surface area (Å²) in [5.74, 6) is -1.43. The fourth-order valence-corrected chi connectivity index (χ4v) is 2.51. The molecule has 7 heteroatoms. The van der Waals surface area contributed by atoms with Crippen LogP contribution < -0.4 is 0 Å². The van der Waals surface area contributed by atoms with E-state index >= 15 is 0 Å². The van der Waals surface area contributed by atoms with Gasteiger partial charge in [-0.25, -0.2) is 4.79 Å². The molecule has 112 valence electrons. The van der Waals surface area contributed by atoms with Gasteiger partial charge in [0.25, 0.3) is 6.04 Å². The summed E-state index contributed by atoms with van der Waals surface area (Å²) >= 11 is 0. The van der Waals surface area contributed by atoms with E-state index in [1.807, 2.05) is 0 Å². The van der Waals surface area contributed by atoms with Crippen LogP contribution in [0.4, 0.5) is 0 Å². The lowest BCUT2D eigenvalue weighted by Gasteiger charge is -2.22. The Labute approximate surface area is 118 Å². The minimum Gasteiger partial charge on any atom is -0.480 e. The first kappa shape index (κ1) is 16.1. The monoisotopic (exact) mass is 284 g/mol. The predicted molar refractivity (Wildman–Crippen MR) is 72.8 cm³/mol. The number of carboxylic acid groups (broad SMARTS) is 1. The molecule has 0 bridgehead atoms. The second-order valence-electron chi connectivity index (χ2n) is 5.33. The molecule has 0 spiro atoms. The van der Waals surface area contributed by atoms with Crippen LogP contribution in [0.1, 0.15) is 20.3 Å².